The zero-order chi connectivity index (χ0) is 13.4. The lowest BCUT2D eigenvalue weighted by atomic mass is 10.1. The summed E-state index contributed by atoms with van der Waals surface area (Å²) < 4.78 is 0. The van der Waals surface area contributed by atoms with Gasteiger partial charge < -0.3 is 21.1 Å². The first-order valence-electron chi connectivity index (χ1n) is 6.04. The molecule has 4 N–H and O–H groups in total. The molecule has 0 atom stereocenters. The van der Waals surface area contributed by atoms with Gasteiger partial charge in [-0.15, -0.1) is 0 Å². The second-order valence-corrected chi connectivity index (χ2v) is 4.19. The fourth-order valence-corrected chi connectivity index (χ4v) is 1.61. The van der Waals surface area contributed by atoms with Gasteiger partial charge in [0.25, 0.3) is 0 Å². The zero-order valence-electron chi connectivity index (χ0n) is 10.7. The number of hydrogen-bond donors (Lipinski definition) is 3. The Morgan fingerprint density at radius 3 is 2.78 bits per heavy atom. The number of rotatable bonds is 7. The number of aliphatic hydroxyl groups excluding tert-OH is 1. The van der Waals surface area contributed by atoms with Gasteiger partial charge >= 0.3 is 0 Å². The Morgan fingerprint density at radius 2 is 2.11 bits per heavy atom. The number of amides is 1. The van der Waals surface area contributed by atoms with Crippen molar-refractivity contribution in [3.05, 3.63) is 29.8 Å². The summed E-state index contributed by atoms with van der Waals surface area (Å²) in [5.41, 5.74) is 7.30. The number of aliphatic hydroxyl groups is 1. The van der Waals surface area contributed by atoms with E-state index in [0.29, 0.717) is 26.1 Å². The third-order valence-corrected chi connectivity index (χ3v) is 2.71. The van der Waals surface area contributed by atoms with Crippen LogP contribution in [0.2, 0.25) is 0 Å². The first-order chi connectivity index (χ1) is 8.67. The van der Waals surface area contributed by atoms with Crippen LogP contribution in [-0.2, 0) is 11.3 Å². The van der Waals surface area contributed by atoms with Gasteiger partial charge in [0.05, 0.1) is 6.61 Å². The van der Waals surface area contributed by atoms with Crippen LogP contribution in [0.25, 0.3) is 0 Å². The van der Waals surface area contributed by atoms with Crippen molar-refractivity contribution in [3.8, 4) is 0 Å². The van der Waals surface area contributed by atoms with Gasteiger partial charge in [-0.3, -0.25) is 4.79 Å². The maximum atomic E-state index is 11.7. The molecule has 0 aliphatic carbocycles. The third-order valence-electron chi connectivity index (χ3n) is 2.71. The lowest BCUT2D eigenvalue weighted by Gasteiger charge is -2.15. The van der Waals surface area contributed by atoms with Crippen molar-refractivity contribution in [3.63, 3.8) is 0 Å². The number of likely N-dealkylation sites (N-methyl/N-ethyl adjacent to an activating group) is 1. The van der Waals surface area contributed by atoms with Crippen molar-refractivity contribution in [2.45, 2.75) is 13.0 Å². The van der Waals surface area contributed by atoms with E-state index in [9.17, 15) is 4.79 Å². The molecule has 1 amide bonds. The molecule has 100 valence electrons. The normalized spacial score (nSPS) is 10.7. The summed E-state index contributed by atoms with van der Waals surface area (Å²) in [6.07, 6.45) is 0.398. The molecule has 0 saturated heterocycles. The Hall–Kier alpha value is -1.43. The van der Waals surface area contributed by atoms with E-state index in [0.717, 1.165) is 11.3 Å². The van der Waals surface area contributed by atoms with Crippen molar-refractivity contribution < 1.29 is 9.90 Å². The third kappa shape index (κ3) is 4.83. The molecule has 0 bridgehead atoms. The number of nitrogens with two attached hydrogens (primary N) is 1. The second-order valence-electron chi connectivity index (χ2n) is 4.19. The van der Waals surface area contributed by atoms with E-state index in [2.05, 4.69) is 5.32 Å². The number of carbonyl (C=O) groups excluding carboxylic acids is 1. The monoisotopic (exact) mass is 251 g/mol. The molecule has 0 aromatic heterocycles. The molecule has 0 aliphatic rings. The predicted octanol–water partition coefficient (Wildman–Crippen LogP) is 0.398. The van der Waals surface area contributed by atoms with Crippen LogP contribution in [0.3, 0.4) is 0 Å². The first kappa shape index (κ1) is 14.6. The molecule has 1 aromatic carbocycles. The fourth-order valence-electron chi connectivity index (χ4n) is 1.61. The quantitative estimate of drug-likeness (QED) is 0.655. The topological polar surface area (TPSA) is 78.6 Å². The van der Waals surface area contributed by atoms with Crippen LogP contribution in [0.1, 0.15) is 12.0 Å². The molecule has 5 nitrogen and oxygen atoms in total. The average molecular weight is 251 g/mol. The van der Waals surface area contributed by atoms with Gasteiger partial charge in [0.2, 0.25) is 5.91 Å². The second kappa shape index (κ2) is 7.81. The van der Waals surface area contributed by atoms with E-state index >= 15 is 0 Å². The lowest BCUT2D eigenvalue weighted by Crippen LogP contribution is -2.27. The van der Waals surface area contributed by atoms with Crippen LogP contribution >= 0.6 is 0 Å². The van der Waals surface area contributed by atoms with Crippen LogP contribution in [0, 0.1) is 0 Å². The van der Waals surface area contributed by atoms with E-state index in [4.69, 9.17) is 10.8 Å². The van der Waals surface area contributed by atoms with Gasteiger partial charge in [0, 0.05) is 31.7 Å². The summed E-state index contributed by atoms with van der Waals surface area (Å²) in [7, 11) is 1.87. The number of carbonyl (C=O) groups is 1. The summed E-state index contributed by atoms with van der Waals surface area (Å²) in [6, 6.07) is 7.50. The summed E-state index contributed by atoms with van der Waals surface area (Å²) in [6.45, 7) is 1.71. The number of nitrogens with one attached hydrogen (secondary N) is 1. The van der Waals surface area contributed by atoms with Crippen molar-refractivity contribution in [2.75, 3.05) is 32.1 Å². The Morgan fingerprint density at radius 1 is 1.39 bits per heavy atom. The van der Waals surface area contributed by atoms with Crippen molar-refractivity contribution in [2.24, 2.45) is 5.73 Å². The number of benzene rings is 1. The lowest BCUT2D eigenvalue weighted by molar-refractivity contribution is -0.116. The number of hydrogen-bond acceptors (Lipinski definition) is 4. The molecule has 0 fully saturated rings. The molecule has 0 heterocycles. The van der Waals surface area contributed by atoms with Crippen LogP contribution in [-0.4, -0.2) is 42.7 Å². The van der Waals surface area contributed by atoms with Crippen LogP contribution in [0.15, 0.2) is 24.3 Å². The Kier molecular flexibility index (Phi) is 6.35. The van der Waals surface area contributed by atoms with Gasteiger partial charge in [0.15, 0.2) is 0 Å². The van der Waals surface area contributed by atoms with Gasteiger partial charge in [-0.1, -0.05) is 18.2 Å². The fraction of sp³-hybridized carbons (Fsp3) is 0.462. The largest absolute Gasteiger partial charge is 0.395 e. The van der Waals surface area contributed by atoms with Gasteiger partial charge in [-0.2, -0.15) is 0 Å². The molecule has 1 rings (SSSR count). The van der Waals surface area contributed by atoms with E-state index < -0.39 is 0 Å². The van der Waals surface area contributed by atoms with Gasteiger partial charge in [0.1, 0.15) is 0 Å². The van der Waals surface area contributed by atoms with Crippen molar-refractivity contribution in [1.29, 1.82) is 0 Å². The molecule has 5 heteroatoms. The van der Waals surface area contributed by atoms with E-state index in [1.807, 2.05) is 36.2 Å². The van der Waals surface area contributed by atoms with Crippen LogP contribution in [0.4, 0.5) is 5.69 Å². The molecule has 0 radical (unpaired) electrons. The van der Waals surface area contributed by atoms with Crippen molar-refractivity contribution in [1.82, 2.24) is 4.90 Å². The zero-order valence-corrected chi connectivity index (χ0v) is 10.7. The maximum Gasteiger partial charge on any atom is 0.225 e. The van der Waals surface area contributed by atoms with E-state index in [1.165, 1.54) is 0 Å². The molecule has 0 aliphatic heterocycles. The Labute approximate surface area is 108 Å². The predicted molar refractivity (Wildman–Crippen MR) is 72.2 cm³/mol. The van der Waals surface area contributed by atoms with Gasteiger partial charge in [-0.05, 0) is 18.7 Å². The minimum Gasteiger partial charge on any atom is -0.395 e. The highest BCUT2D eigenvalue weighted by molar-refractivity contribution is 5.91. The molecule has 1 aromatic rings. The van der Waals surface area contributed by atoms with E-state index in [-0.39, 0.29) is 12.5 Å². The summed E-state index contributed by atoms with van der Waals surface area (Å²) >= 11 is 0. The average Bonchev–Trinajstić information content (AvgIpc) is 2.37. The molecule has 0 saturated carbocycles. The number of nitrogens with zero attached hydrogens (tertiary/aromatic N) is 1. The van der Waals surface area contributed by atoms with Crippen LogP contribution in [0.5, 0.6) is 0 Å². The molecule has 18 heavy (non-hydrogen) atoms. The molecule has 0 spiro atoms. The summed E-state index contributed by atoms with van der Waals surface area (Å²) in [4.78, 5) is 13.7. The first-order valence-corrected chi connectivity index (χ1v) is 6.04. The highest BCUT2D eigenvalue weighted by Gasteiger charge is 2.06. The minimum absolute atomic E-state index is 0.0410. The summed E-state index contributed by atoms with van der Waals surface area (Å²) in [5.74, 6) is -0.0410. The SMILES string of the molecule is CN(CCO)CCC(=O)Nc1ccccc1CN. The molecular formula is C13H21N3O2. The summed E-state index contributed by atoms with van der Waals surface area (Å²) in [5, 5.41) is 11.6. The van der Waals surface area contributed by atoms with Crippen molar-refractivity contribution >= 4 is 11.6 Å². The highest BCUT2D eigenvalue weighted by atomic mass is 16.3. The standard InChI is InChI=1S/C13H21N3O2/c1-16(8-9-17)7-6-13(18)15-12-5-3-2-4-11(12)10-14/h2-5,17H,6-10,14H2,1H3,(H,15,18). The Balaban J connectivity index is 2.44. The van der Waals surface area contributed by atoms with Gasteiger partial charge in [-0.25, -0.2) is 0 Å². The smallest absolute Gasteiger partial charge is 0.225 e. The molecule has 0 unspecified atom stereocenters. The van der Waals surface area contributed by atoms with Crippen LogP contribution < -0.4 is 11.1 Å². The number of para-hydroxylation sites is 1. The minimum atomic E-state index is -0.0410. The Bertz CT molecular complexity index is 382. The maximum absolute atomic E-state index is 11.7. The highest BCUT2D eigenvalue weighted by Crippen LogP contribution is 2.14. The molecular weight excluding hydrogens is 230 g/mol. The number of anilines is 1. The van der Waals surface area contributed by atoms with E-state index in [1.54, 1.807) is 0 Å².